The minimum Gasteiger partial charge on any atom is -0.349 e. The van der Waals surface area contributed by atoms with Gasteiger partial charge in [-0.1, -0.05) is 24.3 Å². The minimum absolute atomic E-state index is 0. The number of nitrogens with zero attached hydrogens (tertiary/aromatic N) is 5. The molecule has 1 fully saturated rings. The van der Waals surface area contributed by atoms with Gasteiger partial charge in [-0.15, -0.1) is 24.0 Å². The van der Waals surface area contributed by atoms with Crippen LogP contribution in [0.1, 0.15) is 11.1 Å². The Morgan fingerprint density at radius 2 is 1.42 bits per heavy atom. The van der Waals surface area contributed by atoms with E-state index in [1.165, 1.54) is 24.2 Å². The summed E-state index contributed by atoms with van der Waals surface area (Å²) in [5.74, 6) is 0.992. The summed E-state index contributed by atoms with van der Waals surface area (Å²) in [6.07, 6.45) is 0. The molecule has 1 saturated heterocycles. The Morgan fingerprint density at radius 1 is 0.917 bits per heavy atom. The van der Waals surface area contributed by atoms with Crippen molar-refractivity contribution in [3.05, 3.63) is 35.4 Å². The Hall–Kier alpha value is -0.860. The van der Waals surface area contributed by atoms with Crippen molar-refractivity contribution in [1.29, 1.82) is 0 Å². The van der Waals surface area contributed by atoms with Crippen molar-refractivity contribution in [2.24, 2.45) is 4.99 Å². The molecular formula is C18H32IN5. The number of hydrogen-bond donors (Lipinski definition) is 0. The van der Waals surface area contributed by atoms with Gasteiger partial charge in [-0.25, -0.2) is 4.99 Å². The molecule has 6 heteroatoms. The molecule has 1 aromatic rings. The van der Waals surface area contributed by atoms with Gasteiger partial charge in [-0.2, -0.15) is 0 Å². The van der Waals surface area contributed by atoms with E-state index in [1.54, 1.807) is 0 Å². The van der Waals surface area contributed by atoms with Crippen LogP contribution in [-0.2, 0) is 13.1 Å². The van der Waals surface area contributed by atoms with Gasteiger partial charge < -0.3 is 14.7 Å². The fourth-order valence-electron chi connectivity index (χ4n) is 2.86. The van der Waals surface area contributed by atoms with E-state index < -0.39 is 0 Å². The minimum atomic E-state index is 0. The number of benzene rings is 1. The van der Waals surface area contributed by atoms with Crippen molar-refractivity contribution in [3.8, 4) is 0 Å². The van der Waals surface area contributed by atoms with E-state index in [1.807, 2.05) is 38.0 Å². The molecule has 0 aliphatic carbocycles. The topological polar surface area (TPSA) is 25.3 Å². The summed E-state index contributed by atoms with van der Waals surface area (Å²) in [6, 6.07) is 8.90. The zero-order valence-corrected chi connectivity index (χ0v) is 18.0. The number of likely N-dealkylation sites (N-methyl/N-ethyl adjacent to an activating group) is 1. The Balaban J connectivity index is 0.00000288. The molecule has 1 aromatic carbocycles. The molecule has 5 nitrogen and oxygen atoms in total. The lowest BCUT2D eigenvalue weighted by atomic mass is 10.1. The molecule has 1 aliphatic rings. The smallest absolute Gasteiger partial charge is 0.195 e. The van der Waals surface area contributed by atoms with Crippen LogP contribution in [0.2, 0.25) is 0 Å². The lowest BCUT2D eigenvalue weighted by Crippen LogP contribution is -2.43. The van der Waals surface area contributed by atoms with Gasteiger partial charge in [0.25, 0.3) is 0 Å². The van der Waals surface area contributed by atoms with Crippen LogP contribution in [0.5, 0.6) is 0 Å². The first-order chi connectivity index (χ1) is 11.0. The van der Waals surface area contributed by atoms with Gasteiger partial charge in [0.15, 0.2) is 5.96 Å². The summed E-state index contributed by atoms with van der Waals surface area (Å²) in [4.78, 5) is 13.7. The first kappa shape index (κ1) is 21.2. The Labute approximate surface area is 164 Å². The van der Waals surface area contributed by atoms with E-state index in [-0.39, 0.29) is 24.0 Å². The van der Waals surface area contributed by atoms with Crippen molar-refractivity contribution < 1.29 is 0 Å². The van der Waals surface area contributed by atoms with Gasteiger partial charge in [0, 0.05) is 60.9 Å². The van der Waals surface area contributed by atoms with E-state index in [0.717, 1.165) is 32.1 Å². The van der Waals surface area contributed by atoms with Gasteiger partial charge in [-0.3, -0.25) is 4.90 Å². The second-order valence-electron chi connectivity index (χ2n) is 6.80. The molecule has 136 valence electrons. The second kappa shape index (κ2) is 10.2. The SMILES string of the molecule is CN1CCN(Cc2ccc(CN=C(N(C)C)N(C)C)cc2)CC1.I. The van der Waals surface area contributed by atoms with Crippen LogP contribution in [0.4, 0.5) is 0 Å². The van der Waals surface area contributed by atoms with Crippen LogP contribution < -0.4 is 0 Å². The predicted octanol–water partition coefficient (Wildman–Crippen LogP) is 2.03. The van der Waals surface area contributed by atoms with Gasteiger partial charge in [0.1, 0.15) is 0 Å². The van der Waals surface area contributed by atoms with Crippen molar-refractivity contribution in [1.82, 2.24) is 19.6 Å². The molecule has 1 aliphatic heterocycles. The monoisotopic (exact) mass is 445 g/mol. The zero-order chi connectivity index (χ0) is 16.8. The normalized spacial score (nSPS) is 15.5. The first-order valence-electron chi connectivity index (χ1n) is 8.33. The average molecular weight is 445 g/mol. The highest BCUT2D eigenvalue weighted by molar-refractivity contribution is 14.0. The van der Waals surface area contributed by atoms with E-state index >= 15 is 0 Å². The van der Waals surface area contributed by atoms with Gasteiger partial charge in [0.2, 0.25) is 0 Å². The van der Waals surface area contributed by atoms with Crippen LogP contribution in [0.3, 0.4) is 0 Å². The maximum atomic E-state index is 4.70. The van der Waals surface area contributed by atoms with Crippen molar-refractivity contribution in [3.63, 3.8) is 0 Å². The maximum absolute atomic E-state index is 4.70. The number of hydrogen-bond acceptors (Lipinski definition) is 3. The van der Waals surface area contributed by atoms with E-state index in [4.69, 9.17) is 4.99 Å². The quantitative estimate of drug-likeness (QED) is 0.403. The number of rotatable bonds is 4. The lowest BCUT2D eigenvalue weighted by molar-refractivity contribution is 0.148. The molecule has 0 unspecified atom stereocenters. The van der Waals surface area contributed by atoms with Crippen LogP contribution in [0.25, 0.3) is 0 Å². The van der Waals surface area contributed by atoms with E-state index in [0.29, 0.717) is 0 Å². The fourth-order valence-corrected chi connectivity index (χ4v) is 2.86. The summed E-state index contributed by atoms with van der Waals surface area (Å²) in [5.41, 5.74) is 2.65. The fraction of sp³-hybridized carbons (Fsp3) is 0.611. The highest BCUT2D eigenvalue weighted by Crippen LogP contribution is 2.10. The van der Waals surface area contributed by atoms with Crippen LogP contribution in [0, 0.1) is 0 Å². The lowest BCUT2D eigenvalue weighted by Gasteiger charge is -2.32. The van der Waals surface area contributed by atoms with Crippen LogP contribution >= 0.6 is 24.0 Å². The van der Waals surface area contributed by atoms with Crippen molar-refractivity contribution in [2.75, 3.05) is 61.4 Å². The third-order valence-corrected chi connectivity index (χ3v) is 4.23. The van der Waals surface area contributed by atoms with E-state index in [2.05, 4.69) is 41.1 Å². The highest BCUT2D eigenvalue weighted by Gasteiger charge is 2.13. The molecule has 0 saturated carbocycles. The standard InChI is InChI=1S/C18H31N5.HI/c1-20(2)18(21(3)4)19-14-16-6-8-17(9-7-16)15-23-12-10-22(5)11-13-23;/h6-9H,10-15H2,1-5H3;1H. The average Bonchev–Trinajstić information content (AvgIpc) is 2.51. The molecule has 2 rings (SSSR count). The summed E-state index contributed by atoms with van der Waals surface area (Å²) in [5, 5.41) is 0. The summed E-state index contributed by atoms with van der Waals surface area (Å²) in [6.45, 7) is 6.45. The van der Waals surface area contributed by atoms with Crippen molar-refractivity contribution >= 4 is 29.9 Å². The Morgan fingerprint density at radius 3 is 1.92 bits per heavy atom. The second-order valence-corrected chi connectivity index (χ2v) is 6.80. The highest BCUT2D eigenvalue weighted by atomic mass is 127. The van der Waals surface area contributed by atoms with Crippen LogP contribution in [-0.4, -0.2) is 87.0 Å². The molecule has 0 N–H and O–H groups in total. The Bertz CT molecular complexity index is 495. The third kappa shape index (κ3) is 6.57. The maximum Gasteiger partial charge on any atom is 0.195 e. The first-order valence-corrected chi connectivity index (χ1v) is 8.33. The molecule has 0 atom stereocenters. The molecule has 0 amide bonds. The number of halogens is 1. The molecule has 1 heterocycles. The number of piperazine rings is 1. The summed E-state index contributed by atoms with van der Waals surface area (Å²) in [7, 11) is 10.3. The largest absolute Gasteiger partial charge is 0.349 e. The van der Waals surface area contributed by atoms with Gasteiger partial charge >= 0.3 is 0 Å². The molecule has 24 heavy (non-hydrogen) atoms. The molecule has 0 bridgehead atoms. The third-order valence-electron chi connectivity index (χ3n) is 4.23. The zero-order valence-electron chi connectivity index (χ0n) is 15.7. The van der Waals surface area contributed by atoms with E-state index in [9.17, 15) is 0 Å². The predicted molar refractivity (Wildman–Crippen MR) is 113 cm³/mol. The van der Waals surface area contributed by atoms with Gasteiger partial charge in [0.05, 0.1) is 6.54 Å². The van der Waals surface area contributed by atoms with Crippen LogP contribution in [0.15, 0.2) is 29.3 Å². The molecule has 0 radical (unpaired) electrons. The summed E-state index contributed by atoms with van der Waals surface area (Å²) >= 11 is 0. The molecule has 0 spiro atoms. The number of guanidine groups is 1. The molecular weight excluding hydrogens is 413 g/mol. The summed E-state index contributed by atoms with van der Waals surface area (Å²) < 4.78 is 0. The molecule has 0 aromatic heterocycles. The Kier molecular flexibility index (Phi) is 9.01. The van der Waals surface area contributed by atoms with Gasteiger partial charge in [-0.05, 0) is 18.2 Å². The number of aliphatic imine (C=N–C) groups is 1. The van der Waals surface area contributed by atoms with Crippen molar-refractivity contribution in [2.45, 2.75) is 13.1 Å².